The molecule has 174 valence electrons. The van der Waals surface area contributed by atoms with Gasteiger partial charge in [-0.2, -0.15) is 5.01 Å². The summed E-state index contributed by atoms with van der Waals surface area (Å²) in [6.45, 7) is 1.57. The summed E-state index contributed by atoms with van der Waals surface area (Å²) in [6, 6.07) is 8.04. The molecule has 0 spiro atoms. The highest BCUT2D eigenvalue weighted by Gasteiger charge is 2.49. The Kier molecular flexibility index (Phi) is 10.0. The number of urea groups is 1. The first-order valence-electron chi connectivity index (χ1n) is 9.86. The Hall–Kier alpha value is -1.86. The minimum atomic E-state index is -1.77. The van der Waals surface area contributed by atoms with Gasteiger partial charge in [0, 0.05) is 12.4 Å². The van der Waals surface area contributed by atoms with Gasteiger partial charge in [0.2, 0.25) is 0 Å². The van der Waals surface area contributed by atoms with Gasteiger partial charge in [-0.1, -0.05) is 37.3 Å². The number of benzene rings is 1. The van der Waals surface area contributed by atoms with E-state index in [4.69, 9.17) is 21.1 Å². The van der Waals surface area contributed by atoms with Crippen LogP contribution in [0.1, 0.15) is 18.9 Å². The van der Waals surface area contributed by atoms with Crippen LogP contribution in [0.2, 0.25) is 0 Å². The first-order chi connectivity index (χ1) is 14.8. The largest absolute Gasteiger partial charge is 0.387 e. The van der Waals surface area contributed by atoms with Crippen LogP contribution in [-0.2, 0) is 16.1 Å². The molecule has 1 saturated heterocycles. The van der Waals surface area contributed by atoms with Crippen LogP contribution < -0.4 is 0 Å². The van der Waals surface area contributed by atoms with Gasteiger partial charge in [0.05, 0.1) is 18.4 Å². The SMILES string of the molecule is CCCN(C(=O)N(CCCl)N=O)C(O)[C@H]1O[C@H](OCc2ccccc2)[C@@H](O)[C@H](O)[C@@H]1O. The van der Waals surface area contributed by atoms with Gasteiger partial charge in [-0.3, -0.25) is 4.90 Å². The topological polar surface area (TPSA) is 152 Å². The van der Waals surface area contributed by atoms with E-state index in [0.29, 0.717) is 11.4 Å². The lowest BCUT2D eigenvalue weighted by molar-refractivity contribution is -0.321. The molecule has 0 aromatic heterocycles. The second-order valence-electron chi connectivity index (χ2n) is 7.02. The van der Waals surface area contributed by atoms with Gasteiger partial charge >= 0.3 is 6.03 Å². The number of alkyl halides is 1. The van der Waals surface area contributed by atoms with Crippen molar-refractivity contribution in [2.24, 2.45) is 5.29 Å². The van der Waals surface area contributed by atoms with E-state index in [2.05, 4.69) is 5.29 Å². The fourth-order valence-electron chi connectivity index (χ4n) is 3.17. The lowest BCUT2D eigenvalue weighted by Crippen LogP contribution is -2.65. The predicted molar refractivity (Wildman–Crippen MR) is 110 cm³/mol. The number of halogens is 1. The molecule has 1 fully saturated rings. The second kappa shape index (κ2) is 12.2. The number of aliphatic hydroxyl groups is 4. The van der Waals surface area contributed by atoms with Gasteiger partial charge in [-0.15, -0.1) is 16.5 Å². The maximum Gasteiger partial charge on any atom is 0.345 e. The van der Waals surface area contributed by atoms with E-state index in [-0.39, 0.29) is 25.6 Å². The number of aliphatic hydroxyl groups excluding tert-OH is 4. The number of amides is 2. The summed E-state index contributed by atoms with van der Waals surface area (Å²) in [5, 5.41) is 44.8. The summed E-state index contributed by atoms with van der Waals surface area (Å²) >= 11 is 5.58. The third-order valence-electron chi connectivity index (χ3n) is 4.80. The third-order valence-corrected chi connectivity index (χ3v) is 4.97. The zero-order valence-electron chi connectivity index (χ0n) is 17.0. The molecule has 1 unspecified atom stereocenters. The Morgan fingerprint density at radius 1 is 1.19 bits per heavy atom. The smallest absolute Gasteiger partial charge is 0.345 e. The average Bonchev–Trinajstić information content (AvgIpc) is 2.79. The molecule has 2 rings (SSSR count). The van der Waals surface area contributed by atoms with Crippen LogP contribution in [0.25, 0.3) is 0 Å². The van der Waals surface area contributed by atoms with Crippen molar-refractivity contribution in [1.29, 1.82) is 0 Å². The number of nitrogens with zero attached hydrogens (tertiary/aromatic N) is 3. The van der Waals surface area contributed by atoms with E-state index in [0.717, 1.165) is 10.5 Å². The molecule has 31 heavy (non-hydrogen) atoms. The predicted octanol–water partition coefficient (Wildman–Crippen LogP) is 0.383. The highest BCUT2D eigenvalue weighted by Crippen LogP contribution is 2.27. The molecular formula is C19H28ClN3O8. The molecule has 0 bridgehead atoms. The molecule has 2 amide bonds. The zero-order valence-corrected chi connectivity index (χ0v) is 17.8. The number of ether oxygens (including phenoxy) is 2. The molecule has 1 aromatic carbocycles. The second-order valence-corrected chi connectivity index (χ2v) is 7.40. The molecular weight excluding hydrogens is 434 g/mol. The molecule has 1 aliphatic rings. The highest BCUT2D eigenvalue weighted by molar-refractivity contribution is 6.18. The molecule has 4 N–H and O–H groups in total. The molecule has 0 aliphatic carbocycles. The lowest BCUT2D eigenvalue weighted by Gasteiger charge is -2.44. The number of nitroso groups, excluding NO2 is 1. The summed E-state index contributed by atoms with van der Waals surface area (Å²) in [5.41, 5.74) is 0.771. The Bertz CT molecular complexity index is 700. The van der Waals surface area contributed by atoms with E-state index in [9.17, 15) is 30.1 Å². The minimum absolute atomic E-state index is 0.00489. The van der Waals surface area contributed by atoms with Gasteiger partial charge in [-0.25, -0.2) is 4.79 Å². The molecule has 0 radical (unpaired) electrons. The molecule has 0 saturated carbocycles. The van der Waals surface area contributed by atoms with Crippen molar-refractivity contribution in [3.63, 3.8) is 0 Å². The van der Waals surface area contributed by atoms with Crippen molar-refractivity contribution in [1.82, 2.24) is 9.91 Å². The monoisotopic (exact) mass is 461 g/mol. The van der Waals surface area contributed by atoms with Crippen LogP contribution in [0, 0.1) is 4.91 Å². The third kappa shape index (κ3) is 6.32. The summed E-state index contributed by atoms with van der Waals surface area (Å²) in [7, 11) is 0. The zero-order chi connectivity index (χ0) is 23.0. The van der Waals surface area contributed by atoms with Gasteiger partial charge in [0.15, 0.2) is 12.5 Å². The van der Waals surface area contributed by atoms with Crippen molar-refractivity contribution in [2.45, 2.75) is 56.9 Å². The van der Waals surface area contributed by atoms with E-state index in [1.165, 1.54) is 0 Å². The normalized spacial score (nSPS) is 26.8. The number of carbonyl (C=O) groups is 1. The van der Waals surface area contributed by atoms with Crippen LogP contribution in [0.4, 0.5) is 4.79 Å². The van der Waals surface area contributed by atoms with E-state index in [1.54, 1.807) is 31.2 Å². The van der Waals surface area contributed by atoms with Crippen molar-refractivity contribution >= 4 is 17.6 Å². The first kappa shape index (κ1) is 25.4. The van der Waals surface area contributed by atoms with Crippen LogP contribution >= 0.6 is 11.6 Å². The van der Waals surface area contributed by atoms with E-state index >= 15 is 0 Å². The molecule has 1 aliphatic heterocycles. The number of rotatable bonds is 10. The van der Waals surface area contributed by atoms with Crippen molar-refractivity contribution < 1.29 is 34.7 Å². The van der Waals surface area contributed by atoms with Crippen LogP contribution in [0.5, 0.6) is 0 Å². The van der Waals surface area contributed by atoms with E-state index < -0.39 is 43.0 Å². The van der Waals surface area contributed by atoms with Gasteiger partial charge < -0.3 is 29.9 Å². The van der Waals surface area contributed by atoms with Crippen molar-refractivity contribution in [3.05, 3.63) is 40.8 Å². The Morgan fingerprint density at radius 2 is 1.87 bits per heavy atom. The van der Waals surface area contributed by atoms with Crippen LogP contribution in [0.15, 0.2) is 35.6 Å². The van der Waals surface area contributed by atoms with Gasteiger partial charge in [0.1, 0.15) is 24.4 Å². The van der Waals surface area contributed by atoms with Crippen molar-refractivity contribution in [3.8, 4) is 0 Å². The summed E-state index contributed by atoms with van der Waals surface area (Å²) in [6.07, 6.45) is -9.33. The maximum absolute atomic E-state index is 12.6. The lowest BCUT2D eigenvalue weighted by atomic mass is 9.97. The highest BCUT2D eigenvalue weighted by atomic mass is 35.5. The van der Waals surface area contributed by atoms with Gasteiger partial charge in [0.25, 0.3) is 0 Å². The quantitative estimate of drug-likeness (QED) is 0.169. The van der Waals surface area contributed by atoms with Crippen LogP contribution in [-0.4, -0.2) is 92.3 Å². The average molecular weight is 462 g/mol. The molecule has 11 nitrogen and oxygen atoms in total. The minimum Gasteiger partial charge on any atom is -0.387 e. The van der Waals surface area contributed by atoms with Crippen molar-refractivity contribution in [2.75, 3.05) is 19.0 Å². The fraction of sp³-hybridized carbons (Fsp3) is 0.632. The maximum atomic E-state index is 12.6. The summed E-state index contributed by atoms with van der Waals surface area (Å²) < 4.78 is 11.1. The standard InChI is InChI=1S/C19H28ClN3O8/c1-2-9-22(19(28)23(21-29)10-8-20)17(27)16-14(25)13(24)15(26)18(31-16)30-11-12-6-4-3-5-7-12/h3-7,13-18,24-27H,2,8-11H2,1H3/t13-,14+,15+,16+,17?,18+/m1/s1. The number of hydrogen-bond donors (Lipinski definition) is 4. The van der Waals surface area contributed by atoms with Gasteiger partial charge in [-0.05, 0) is 12.0 Å². The molecule has 1 aromatic rings. The summed E-state index contributed by atoms with van der Waals surface area (Å²) in [5.74, 6) is -0.0591. The molecule has 12 heteroatoms. The van der Waals surface area contributed by atoms with E-state index in [1.807, 2.05) is 6.07 Å². The fourth-order valence-corrected chi connectivity index (χ4v) is 3.33. The Morgan fingerprint density at radius 3 is 2.45 bits per heavy atom. The Balaban J connectivity index is 2.17. The summed E-state index contributed by atoms with van der Waals surface area (Å²) in [4.78, 5) is 24.5. The first-order valence-corrected chi connectivity index (χ1v) is 10.4. The molecule has 6 atom stereocenters. The Labute approximate surface area is 184 Å². The number of carbonyl (C=O) groups excluding carboxylic acids is 1. The number of hydrogen-bond acceptors (Lipinski definition) is 9. The van der Waals surface area contributed by atoms with Crippen LogP contribution in [0.3, 0.4) is 0 Å². The molecule has 1 heterocycles.